The molecule has 170 valence electrons. The molecular formula is C23H30N6O3. The molecule has 4 heterocycles. The van der Waals surface area contributed by atoms with Crippen molar-refractivity contribution in [1.82, 2.24) is 24.6 Å². The van der Waals surface area contributed by atoms with Gasteiger partial charge in [-0.05, 0) is 44.9 Å². The highest BCUT2D eigenvalue weighted by atomic mass is 16.5. The smallest absolute Gasteiger partial charge is 0.261 e. The molecule has 0 aliphatic carbocycles. The molecule has 3 aromatic rings. The van der Waals surface area contributed by atoms with Gasteiger partial charge in [0.25, 0.3) is 5.56 Å². The molecule has 0 spiro atoms. The number of benzene rings is 1. The van der Waals surface area contributed by atoms with E-state index < -0.39 is 0 Å². The van der Waals surface area contributed by atoms with Crippen molar-refractivity contribution in [3.8, 4) is 0 Å². The summed E-state index contributed by atoms with van der Waals surface area (Å²) >= 11 is 0. The van der Waals surface area contributed by atoms with Crippen molar-refractivity contribution in [2.45, 2.75) is 45.2 Å². The zero-order valence-corrected chi connectivity index (χ0v) is 18.7. The molecular weight excluding hydrogens is 408 g/mol. The first-order valence-electron chi connectivity index (χ1n) is 11.5. The third kappa shape index (κ3) is 4.27. The highest BCUT2D eigenvalue weighted by molar-refractivity contribution is 5.81. The number of fused-ring (bicyclic) bond motifs is 1. The normalized spacial score (nSPS) is 18.7. The second-order valence-corrected chi connectivity index (χ2v) is 8.95. The molecule has 5 rings (SSSR count). The van der Waals surface area contributed by atoms with Gasteiger partial charge >= 0.3 is 0 Å². The van der Waals surface area contributed by atoms with Gasteiger partial charge in [-0.3, -0.25) is 14.3 Å². The third-order valence-electron chi connectivity index (χ3n) is 6.48. The first kappa shape index (κ1) is 21.1. The summed E-state index contributed by atoms with van der Waals surface area (Å²) in [4.78, 5) is 26.5. The highest BCUT2D eigenvalue weighted by Gasteiger charge is 2.24. The Labute approximate surface area is 187 Å². The zero-order chi connectivity index (χ0) is 22.1. The number of aromatic nitrogens is 4. The molecule has 2 aliphatic heterocycles. The van der Waals surface area contributed by atoms with E-state index in [-0.39, 0.29) is 11.6 Å². The zero-order valence-electron chi connectivity index (χ0n) is 18.7. The molecule has 0 radical (unpaired) electrons. The van der Waals surface area contributed by atoms with E-state index in [0.717, 1.165) is 75.2 Å². The fraction of sp³-hybridized carbons (Fsp3) is 0.565. The van der Waals surface area contributed by atoms with Crippen LogP contribution in [0.3, 0.4) is 0 Å². The Hall–Kier alpha value is -2.78. The van der Waals surface area contributed by atoms with Gasteiger partial charge in [-0.25, -0.2) is 4.98 Å². The van der Waals surface area contributed by atoms with Crippen LogP contribution in [0.1, 0.15) is 50.4 Å². The number of hydrogen-bond donors (Lipinski definition) is 0. The quantitative estimate of drug-likeness (QED) is 0.601. The average molecular weight is 439 g/mol. The van der Waals surface area contributed by atoms with Gasteiger partial charge in [0.15, 0.2) is 5.82 Å². The van der Waals surface area contributed by atoms with Crippen LogP contribution in [-0.2, 0) is 11.3 Å². The van der Waals surface area contributed by atoms with Crippen LogP contribution >= 0.6 is 0 Å². The number of piperazine rings is 1. The minimum absolute atomic E-state index is 0.0154. The van der Waals surface area contributed by atoms with Crippen molar-refractivity contribution in [2.75, 3.05) is 44.3 Å². The SMILES string of the molecule is CC(C)n1cnc2cc(N3CCN(Cc4noc(C5CCOCC5)n4)CC3)ccc2c1=O. The summed E-state index contributed by atoms with van der Waals surface area (Å²) in [6, 6.07) is 6.06. The Balaban J connectivity index is 1.21. The standard InChI is InChI=1S/C23H30N6O3/c1-16(2)29-15-24-20-13-18(3-4-19(20)23(29)30)28-9-7-27(8-10-28)14-21-25-22(32-26-21)17-5-11-31-12-6-17/h3-4,13,15-17H,5-12,14H2,1-2H3. The topological polar surface area (TPSA) is 89.5 Å². The first-order chi connectivity index (χ1) is 15.6. The van der Waals surface area contributed by atoms with E-state index >= 15 is 0 Å². The molecule has 2 saturated heterocycles. The minimum Gasteiger partial charge on any atom is -0.381 e. The lowest BCUT2D eigenvalue weighted by Crippen LogP contribution is -2.46. The molecule has 1 aromatic carbocycles. The number of anilines is 1. The second-order valence-electron chi connectivity index (χ2n) is 8.95. The number of rotatable bonds is 5. The molecule has 0 N–H and O–H groups in total. The van der Waals surface area contributed by atoms with E-state index in [2.05, 4.69) is 24.9 Å². The summed E-state index contributed by atoms with van der Waals surface area (Å²) in [6.07, 6.45) is 3.55. The monoisotopic (exact) mass is 438 g/mol. The predicted octanol–water partition coefficient (Wildman–Crippen LogP) is 2.58. The lowest BCUT2D eigenvalue weighted by atomic mass is 10.0. The van der Waals surface area contributed by atoms with Crippen molar-refractivity contribution < 1.29 is 9.26 Å². The van der Waals surface area contributed by atoms with Crippen LogP contribution in [-0.4, -0.2) is 64.0 Å². The second kappa shape index (κ2) is 8.99. The van der Waals surface area contributed by atoms with E-state index in [1.807, 2.05) is 32.0 Å². The van der Waals surface area contributed by atoms with Gasteiger partial charge in [-0.15, -0.1) is 0 Å². The van der Waals surface area contributed by atoms with Crippen molar-refractivity contribution in [3.63, 3.8) is 0 Å². The first-order valence-corrected chi connectivity index (χ1v) is 11.5. The van der Waals surface area contributed by atoms with E-state index in [4.69, 9.17) is 9.26 Å². The molecule has 9 heteroatoms. The van der Waals surface area contributed by atoms with Gasteiger partial charge in [0.2, 0.25) is 5.89 Å². The van der Waals surface area contributed by atoms with Crippen LogP contribution in [0, 0.1) is 0 Å². The number of hydrogen-bond acceptors (Lipinski definition) is 8. The van der Waals surface area contributed by atoms with Crippen LogP contribution in [0.15, 0.2) is 33.8 Å². The number of ether oxygens (including phenoxy) is 1. The van der Waals surface area contributed by atoms with Gasteiger partial charge in [-0.1, -0.05) is 5.16 Å². The Bertz CT molecular complexity index is 1130. The summed E-state index contributed by atoms with van der Waals surface area (Å²) in [5.74, 6) is 1.84. The molecule has 32 heavy (non-hydrogen) atoms. The Morgan fingerprint density at radius 1 is 1.12 bits per heavy atom. The van der Waals surface area contributed by atoms with Crippen molar-refractivity contribution in [1.29, 1.82) is 0 Å². The summed E-state index contributed by atoms with van der Waals surface area (Å²) in [7, 11) is 0. The highest BCUT2D eigenvalue weighted by Crippen LogP contribution is 2.26. The number of nitrogens with zero attached hydrogens (tertiary/aromatic N) is 6. The van der Waals surface area contributed by atoms with E-state index in [9.17, 15) is 4.79 Å². The van der Waals surface area contributed by atoms with Crippen molar-refractivity contribution in [3.05, 3.63) is 46.6 Å². The van der Waals surface area contributed by atoms with Crippen molar-refractivity contribution >= 4 is 16.6 Å². The molecule has 0 atom stereocenters. The summed E-state index contributed by atoms with van der Waals surface area (Å²) in [5, 5.41) is 4.87. The fourth-order valence-corrected chi connectivity index (χ4v) is 4.49. The Morgan fingerprint density at radius 2 is 1.91 bits per heavy atom. The maximum Gasteiger partial charge on any atom is 0.261 e. The van der Waals surface area contributed by atoms with Crippen molar-refractivity contribution in [2.24, 2.45) is 0 Å². The third-order valence-corrected chi connectivity index (χ3v) is 6.48. The summed E-state index contributed by atoms with van der Waals surface area (Å²) in [6.45, 7) is 9.85. The van der Waals surface area contributed by atoms with Crippen LogP contribution < -0.4 is 10.5 Å². The Kier molecular flexibility index (Phi) is 5.93. The minimum atomic E-state index is 0.0154. The molecule has 0 bridgehead atoms. The summed E-state index contributed by atoms with van der Waals surface area (Å²) in [5.41, 5.74) is 1.87. The van der Waals surface area contributed by atoms with Gasteiger partial charge in [0, 0.05) is 57.0 Å². The van der Waals surface area contributed by atoms with E-state index in [1.54, 1.807) is 10.9 Å². The lowest BCUT2D eigenvalue weighted by molar-refractivity contribution is 0.0778. The average Bonchev–Trinajstić information content (AvgIpc) is 3.28. The van der Waals surface area contributed by atoms with Crippen LogP contribution in [0.4, 0.5) is 5.69 Å². The van der Waals surface area contributed by atoms with Gasteiger partial charge in [-0.2, -0.15) is 4.98 Å². The maximum absolute atomic E-state index is 12.7. The van der Waals surface area contributed by atoms with Gasteiger partial charge in [0.1, 0.15) is 0 Å². The molecule has 9 nitrogen and oxygen atoms in total. The summed E-state index contributed by atoms with van der Waals surface area (Å²) < 4.78 is 12.6. The molecule has 2 aromatic heterocycles. The van der Waals surface area contributed by atoms with E-state index in [1.165, 1.54) is 0 Å². The Morgan fingerprint density at radius 3 is 2.66 bits per heavy atom. The van der Waals surface area contributed by atoms with Crippen LogP contribution in [0.25, 0.3) is 10.9 Å². The van der Waals surface area contributed by atoms with E-state index in [0.29, 0.717) is 17.8 Å². The molecule has 2 fully saturated rings. The predicted molar refractivity (Wildman–Crippen MR) is 121 cm³/mol. The molecule has 0 amide bonds. The largest absolute Gasteiger partial charge is 0.381 e. The van der Waals surface area contributed by atoms with Gasteiger partial charge in [0.05, 0.1) is 23.8 Å². The fourth-order valence-electron chi connectivity index (χ4n) is 4.49. The molecule has 0 unspecified atom stereocenters. The van der Waals surface area contributed by atoms with Crippen LogP contribution in [0.2, 0.25) is 0 Å². The van der Waals surface area contributed by atoms with Gasteiger partial charge < -0.3 is 14.2 Å². The molecule has 2 aliphatic rings. The lowest BCUT2D eigenvalue weighted by Gasteiger charge is -2.35. The van der Waals surface area contributed by atoms with Crippen LogP contribution in [0.5, 0.6) is 0 Å². The molecule has 0 saturated carbocycles. The maximum atomic E-state index is 12.7.